The molecule has 24 heavy (non-hydrogen) atoms. The number of benzene rings is 2. The summed E-state index contributed by atoms with van der Waals surface area (Å²) in [5, 5.41) is 0. The Balaban J connectivity index is 1.38. The van der Waals surface area contributed by atoms with Crippen molar-refractivity contribution in [2.45, 2.75) is 19.5 Å². The minimum atomic E-state index is 0.115. The number of nitrogens with zero attached hydrogens (tertiary/aromatic N) is 3. The van der Waals surface area contributed by atoms with Gasteiger partial charge in [-0.15, -0.1) is 0 Å². The SMILES string of the molecule is O=C(CCOc1ccccc1)N1CCn2c(nc3ccccc32)C1. The molecule has 1 aliphatic rings. The summed E-state index contributed by atoms with van der Waals surface area (Å²) in [6, 6.07) is 17.7. The standard InChI is InChI=1S/C19H19N3O2/c23-19(10-13-24-15-6-2-1-3-7-15)21-11-12-22-17-9-5-4-8-16(17)20-18(22)14-21/h1-9H,10-14H2. The van der Waals surface area contributed by atoms with Gasteiger partial charge in [0.05, 0.1) is 30.6 Å². The molecule has 2 aromatic carbocycles. The van der Waals surface area contributed by atoms with Crippen molar-refractivity contribution in [2.75, 3.05) is 13.2 Å². The fourth-order valence-corrected chi connectivity index (χ4v) is 3.11. The largest absolute Gasteiger partial charge is 0.493 e. The van der Waals surface area contributed by atoms with E-state index in [1.807, 2.05) is 53.4 Å². The molecule has 1 aromatic heterocycles. The van der Waals surface area contributed by atoms with Crippen LogP contribution < -0.4 is 4.74 Å². The predicted molar refractivity (Wildman–Crippen MR) is 91.7 cm³/mol. The molecule has 0 saturated heterocycles. The summed E-state index contributed by atoms with van der Waals surface area (Å²) in [7, 11) is 0. The van der Waals surface area contributed by atoms with Crippen LogP contribution in [0, 0.1) is 0 Å². The van der Waals surface area contributed by atoms with Gasteiger partial charge < -0.3 is 14.2 Å². The summed E-state index contributed by atoms with van der Waals surface area (Å²) in [6.07, 6.45) is 0.384. The molecule has 0 fully saturated rings. The summed E-state index contributed by atoms with van der Waals surface area (Å²) >= 11 is 0. The number of aromatic nitrogens is 2. The highest BCUT2D eigenvalue weighted by Gasteiger charge is 2.23. The number of fused-ring (bicyclic) bond motifs is 3. The first-order valence-corrected chi connectivity index (χ1v) is 8.21. The molecule has 0 radical (unpaired) electrons. The van der Waals surface area contributed by atoms with Gasteiger partial charge in [0.2, 0.25) is 5.91 Å². The number of carbonyl (C=O) groups excluding carboxylic acids is 1. The van der Waals surface area contributed by atoms with Gasteiger partial charge in [-0.3, -0.25) is 4.79 Å². The number of imidazole rings is 1. The maximum absolute atomic E-state index is 12.4. The maximum Gasteiger partial charge on any atom is 0.226 e. The van der Waals surface area contributed by atoms with Gasteiger partial charge in [-0.1, -0.05) is 30.3 Å². The quantitative estimate of drug-likeness (QED) is 0.742. The third-order valence-corrected chi connectivity index (χ3v) is 4.34. The predicted octanol–water partition coefficient (Wildman–Crippen LogP) is 2.85. The Morgan fingerprint density at radius 3 is 2.71 bits per heavy atom. The Bertz CT molecular complexity index is 857. The van der Waals surface area contributed by atoms with Crippen molar-refractivity contribution in [2.24, 2.45) is 0 Å². The molecule has 5 nitrogen and oxygen atoms in total. The Morgan fingerprint density at radius 1 is 1.04 bits per heavy atom. The van der Waals surface area contributed by atoms with Crippen molar-refractivity contribution in [1.29, 1.82) is 0 Å². The zero-order valence-corrected chi connectivity index (χ0v) is 13.4. The zero-order chi connectivity index (χ0) is 16.4. The van der Waals surface area contributed by atoms with Gasteiger partial charge in [-0.05, 0) is 24.3 Å². The van der Waals surface area contributed by atoms with E-state index in [4.69, 9.17) is 4.74 Å². The van der Waals surface area contributed by atoms with Crippen LogP contribution in [0.5, 0.6) is 5.75 Å². The van der Waals surface area contributed by atoms with Gasteiger partial charge in [-0.2, -0.15) is 0 Å². The lowest BCUT2D eigenvalue weighted by Crippen LogP contribution is -2.38. The fraction of sp³-hybridized carbons (Fsp3) is 0.263. The average molecular weight is 321 g/mol. The van der Waals surface area contributed by atoms with Crippen molar-refractivity contribution in [3.8, 4) is 5.75 Å². The minimum absolute atomic E-state index is 0.115. The normalized spacial score (nSPS) is 13.8. The molecule has 122 valence electrons. The van der Waals surface area contributed by atoms with Crippen molar-refractivity contribution in [1.82, 2.24) is 14.5 Å². The Kier molecular flexibility index (Phi) is 3.91. The van der Waals surface area contributed by atoms with E-state index < -0.39 is 0 Å². The monoisotopic (exact) mass is 321 g/mol. The van der Waals surface area contributed by atoms with Crippen molar-refractivity contribution >= 4 is 16.9 Å². The second-order valence-electron chi connectivity index (χ2n) is 5.90. The average Bonchev–Trinajstić information content (AvgIpc) is 3.00. The van der Waals surface area contributed by atoms with E-state index in [2.05, 4.69) is 15.6 Å². The van der Waals surface area contributed by atoms with Gasteiger partial charge in [0.15, 0.2) is 0 Å². The maximum atomic E-state index is 12.4. The van der Waals surface area contributed by atoms with Crippen LogP contribution in [0.4, 0.5) is 0 Å². The van der Waals surface area contributed by atoms with Crippen LogP contribution in [0.25, 0.3) is 11.0 Å². The minimum Gasteiger partial charge on any atom is -0.493 e. The van der Waals surface area contributed by atoms with Crippen LogP contribution in [0.2, 0.25) is 0 Å². The van der Waals surface area contributed by atoms with E-state index in [0.717, 1.165) is 35.7 Å². The summed E-state index contributed by atoms with van der Waals surface area (Å²) < 4.78 is 7.82. The number of carbonyl (C=O) groups is 1. The van der Waals surface area contributed by atoms with E-state index in [0.29, 0.717) is 19.6 Å². The van der Waals surface area contributed by atoms with E-state index >= 15 is 0 Å². The lowest BCUT2D eigenvalue weighted by atomic mass is 10.3. The first-order chi connectivity index (χ1) is 11.8. The molecule has 5 heteroatoms. The molecule has 1 aliphatic heterocycles. The van der Waals surface area contributed by atoms with Gasteiger partial charge in [-0.25, -0.2) is 4.98 Å². The van der Waals surface area contributed by atoms with Crippen molar-refractivity contribution < 1.29 is 9.53 Å². The molecular weight excluding hydrogens is 302 g/mol. The molecule has 3 aromatic rings. The third kappa shape index (κ3) is 2.85. The van der Waals surface area contributed by atoms with Gasteiger partial charge >= 0.3 is 0 Å². The first-order valence-electron chi connectivity index (χ1n) is 8.21. The smallest absolute Gasteiger partial charge is 0.226 e. The van der Waals surface area contributed by atoms with Crippen LogP contribution in [0.3, 0.4) is 0 Å². The zero-order valence-electron chi connectivity index (χ0n) is 13.4. The molecular formula is C19H19N3O2. The van der Waals surface area contributed by atoms with E-state index in [-0.39, 0.29) is 5.91 Å². The molecule has 0 aliphatic carbocycles. The number of hydrogen-bond donors (Lipinski definition) is 0. The van der Waals surface area contributed by atoms with Crippen LogP contribution in [0.15, 0.2) is 54.6 Å². The van der Waals surface area contributed by atoms with Gasteiger partial charge in [0, 0.05) is 13.1 Å². The second kappa shape index (κ2) is 6.35. The van der Waals surface area contributed by atoms with Crippen molar-refractivity contribution in [3.05, 3.63) is 60.4 Å². The highest BCUT2D eigenvalue weighted by atomic mass is 16.5. The molecule has 4 rings (SSSR count). The molecule has 0 bridgehead atoms. The lowest BCUT2D eigenvalue weighted by Gasteiger charge is -2.28. The molecule has 0 spiro atoms. The topological polar surface area (TPSA) is 47.4 Å². The first kappa shape index (κ1) is 14.8. The van der Waals surface area contributed by atoms with Crippen LogP contribution in [0.1, 0.15) is 12.2 Å². The van der Waals surface area contributed by atoms with Crippen LogP contribution in [-0.2, 0) is 17.9 Å². The van der Waals surface area contributed by atoms with Gasteiger partial charge in [0.1, 0.15) is 11.6 Å². The van der Waals surface area contributed by atoms with E-state index in [9.17, 15) is 4.79 Å². The van der Waals surface area contributed by atoms with Crippen molar-refractivity contribution in [3.63, 3.8) is 0 Å². The van der Waals surface area contributed by atoms with Crippen LogP contribution in [-0.4, -0.2) is 33.5 Å². The summed E-state index contributed by atoms with van der Waals surface area (Å²) in [5.41, 5.74) is 2.14. The number of rotatable bonds is 4. The summed E-state index contributed by atoms with van der Waals surface area (Å²) in [6.45, 7) is 2.48. The number of hydrogen-bond acceptors (Lipinski definition) is 3. The number of amides is 1. The molecule has 0 unspecified atom stereocenters. The molecule has 0 N–H and O–H groups in total. The highest BCUT2D eigenvalue weighted by Crippen LogP contribution is 2.21. The highest BCUT2D eigenvalue weighted by molar-refractivity contribution is 5.78. The van der Waals surface area contributed by atoms with Crippen LogP contribution >= 0.6 is 0 Å². The summed E-state index contributed by atoms with van der Waals surface area (Å²) in [5.74, 6) is 1.87. The molecule has 0 atom stereocenters. The summed E-state index contributed by atoms with van der Waals surface area (Å²) in [4.78, 5) is 18.9. The Morgan fingerprint density at radius 2 is 1.83 bits per heavy atom. The lowest BCUT2D eigenvalue weighted by molar-refractivity contribution is -0.133. The molecule has 2 heterocycles. The van der Waals surface area contributed by atoms with Gasteiger partial charge in [0.25, 0.3) is 0 Å². The Hall–Kier alpha value is -2.82. The third-order valence-electron chi connectivity index (χ3n) is 4.34. The van der Waals surface area contributed by atoms with E-state index in [1.165, 1.54) is 0 Å². The number of ether oxygens (including phenoxy) is 1. The fourth-order valence-electron chi connectivity index (χ4n) is 3.11. The molecule has 1 amide bonds. The Labute approximate surface area is 140 Å². The molecule has 0 saturated carbocycles. The van der Waals surface area contributed by atoms with E-state index in [1.54, 1.807) is 0 Å². The number of para-hydroxylation sites is 3. The second-order valence-corrected chi connectivity index (χ2v) is 5.90.